The monoisotopic (exact) mass is 420 g/mol. The average Bonchev–Trinajstić information content (AvgIpc) is 3.26. The number of furan rings is 1. The fraction of sp³-hybridized carbons (Fsp3) is 0.783. The van der Waals surface area contributed by atoms with Crippen molar-refractivity contribution in [2.45, 2.75) is 70.6 Å². The lowest BCUT2D eigenvalue weighted by Crippen LogP contribution is -2.46. The van der Waals surface area contributed by atoms with Gasteiger partial charge in [0.15, 0.2) is 5.96 Å². The Morgan fingerprint density at radius 1 is 1.23 bits per heavy atom. The van der Waals surface area contributed by atoms with Crippen LogP contribution in [0.5, 0.6) is 0 Å². The van der Waals surface area contributed by atoms with Gasteiger partial charge in [0.25, 0.3) is 0 Å². The summed E-state index contributed by atoms with van der Waals surface area (Å²) < 4.78 is 16.9. The van der Waals surface area contributed by atoms with Crippen molar-refractivity contribution >= 4 is 5.96 Å². The molecule has 7 heteroatoms. The summed E-state index contributed by atoms with van der Waals surface area (Å²) in [7, 11) is 0. The molecule has 170 valence electrons. The molecule has 1 aromatic heterocycles. The van der Waals surface area contributed by atoms with E-state index in [1.807, 2.05) is 12.1 Å². The second-order valence-electron chi connectivity index (χ2n) is 8.60. The first kappa shape index (κ1) is 23.1. The SMILES string of the molecule is CC(C)OC1CCC(NC(=NCCCN2CCOCC2)NCCc2ccco2)CC1. The van der Waals surface area contributed by atoms with Gasteiger partial charge in [0.2, 0.25) is 0 Å². The number of nitrogens with zero attached hydrogens (tertiary/aromatic N) is 2. The molecule has 2 heterocycles. The van der Waals surface area contributed by atoms with E-state index >= 15 is 0 Å². The van der Waals surface area contributed by atoms with Gasteiger partial charge in [-0.15, -0.1) is 0 Å². The molecule has 2 N–H and O–H groups in total. The predicted octanol–water partition coefficient (Wildman–Crippen LogP) is 2.82. The lowest BCUT2D eigenvalue weighted by Gasteiger charge is -2.31. The molecule has 1 saturated carbocycles. The largest absolute Gasteiger partial charge is 0.469 e. The molecular formula is C23H40N4O3. The Labute approximate surface area is 181 Å². The van der Waals surface area contributed by atoms with Gasteiger partial charge in [0.05, 0.1) is 31.7 Å². The highest BCUT2D eigenvalue weighted by molar-refractivity contribution is 5.80. The van der Waals surface area contributed by atoms with Gasteiger partial charge >= 0.3 is 0 Å². The van der Waals surface area contributed by atoms with Crippen LogP contribution in [-0.2, 0) is 15.9 Å². The first-order valence-corrected chi connectivity index (χ1v) is 11.7. The molecule has 0 radical (unpaired) electrons. The number of hydrogen-bond acceptors (Lipinski definition) is 5. The fourth-order valence-electron chi connectivity index (χ4n) is 4.14. The topological polar surface area (TPSA) is 71.3 Å². The Morgan fingerprint density at radius 3 is 2.73 bits per heavy atom. The zero-order chi connectivity index (χ0) is 21.0. The molecule has 0 unspecified atom stereocenters. The van der Waals surface area contributed by atoms with Crippen LogP contribution in [0, 0.1) is 0 Å². The Kier molecular flexibility index (Phi) is 9.99. The maximum absolute atomic E-state index is 5.99. The van der Waals surface area contributed by atoms with E-state index in [2.05, 4.69) is 29.4 Å². The third-order valence-electron chi connectivity index (χ3n) is 5.73. The molecule has 0 atom stereocenters. The number of aliphatic imine (C=N–C) groups is 1. The van der Waals surface area contributed by atoms with E-state index in [0.29, 0.717) is 18.2 Å². The molecular weight excluding hydrogens is 380 g/mol. The van der Waals surface area contributed by atoms with Gasteiger partial charge in [-0.3, -0.25) is 9.89 Å². The van der Waals surface area contributed by atoms with Crippen molar-refractivity contribution in [1.82, 2.24) is 15.5 Å². The Hall–Kier alpha value is -1.57. The summed E-state index contributed by atoms with van der Waals surface area (Å²) in [6, 6.07) is 4.42. The summed E-state index contributed by atoms with van der Waals surface area (Å²) >= 11 is 0. The predicted molar refractivity (Wildman–Crippen MR) is 120 cm³/mol. The summed E-state index contributed by atoms with van der Waals surface area (Å²) in [5.41, 5.74) is 0. The van der Waals surface area contributed by atoms with Crippen molar-refractivity contribution in [2.24, 2.45) is 4.99 Å². The summed E-state index contributed by atoms with van der Waals surface area (Å²) in [6.07, 6.45) is 8.87. The van der Waals surface area contributed by atoms with E-state index in [1.54, 1.807) is 6.26 Å². The summed E-state index contributed by atoms with van der Waals surface area (Å²) in [5.74, 6) is 1.93. The van der Waals surface area contributed by atoms with Crippen molar-refractivity contribution < 1.29 is 13.9 Å². The van der Waals surface area contributed by atoms with Crippen LogP contribution in [0.1, 0.15) is 51.7 Å². The minimum absolute atomic E-state index is 0.311. The minimum Gasteiger partial charge on any atom is -0.469 e. The van der Waals surface area contributed by atoms with E-state index in [0.717, 1.165) is 96.2 Å². The fourth-order valence-corrected chi connectivity index (χ4v) is 4.14. The van der Waals surface area contributed by atoms with Crippen molar-refractivity contribution in [3.8, 4) is 0 Å². The first-order chi connectivity index (χ1) is 14.7. The van der Waals surface area contributed by atoms with Crippen LogP contribution >= 0.6 is 0 Å². The van der Waals surface area contributed by atoms with E-state index in [1.165, 1.54) is 0 Å². The van der Waals surface area contributed by atoms with Crippen LogP contribution in [-0.4, -0.2) is 75.0 Å². The molecule has 7 nitrogen and oxygen atoms in total. The van der Waals surface area contributed by atoms with Crippen molar-refractivity contribution in [1.29, 1.82) is 0 Å². The molecule has 30 heavy (non-hydrogen) atoms. The van der Waals surface area contributed by atoms with Gasteiger partial charge in [-0.1, -0.05) is 0 Å². The second-order valence-corrected chi connectivity index (χ2v) is 8.60. The number of nitrogens with one attached hydrogen (secondary N) is 2. The average molecular weight is 421 g/mol. The zero-order valence-corrected chi connectivity index (χ0v) is 18.8. The smallest absolute Gasteiger partial charge is 0.191 e. The Morgan fingerprint density at radius 2 is 2.03 bits per heavy atom. The molecule has 0 bridgehead atoms. The maximum atomic E-state index is 5.99. The molecule has 1 aliphatic heterocycles. The molecule has 2 aliphatic rings. The van der Waals surface area contributed by atoms with Gasteiger partial charge in [-0.2, -0.15) is 0 Å². The summed E-state index contributed by atoms with van der Waals surface area (Å²) in [5, 5.41) is 7.17. The molecule has 1 saturated heterocycles. The zero-order valence-electron chi connectivity index (χ0n) is 18.8. The van der Waals surface area contributed by atoms with Crippen LogP contribution in [0.3, 0.4) is 0 Å². The molecule has 0 spiro atoms. The molecule has 1 aliphatic carbocycles. The van der Waals surface area contributed by atoms with Gasteiger partial charge in [-0.05, 0) is 58.1 Å². The van der Waals surface area contributed by atoms with Crippen LogP contribution < -0.4 is 10.6 Å². The molecule has 0 amide bonds. The van der Waals surface area contributed by atoms with Crippen molar-refractivity contribution in [3.05, 3.63) is 24.2 Å². The molecule has 1 aromatic rings. The summed E-state index contributed by atoms with van der Waals surface area (Å²) in [4.78, 5) is 7.33. The maximum Gasteiger partial charge on any atom is 0.191 e. The highest BCUT2D eigenvalue weighted by Gasteiger charge is 2.23. The van der Waals surface area contributed by atoms with Crippen LogP contribution in [0.2, 0.25) is 0 Å². The Bertz CT molecular complexity index is 592. The number of hydrogen-bond donors (Lipinski definition) is 2. The third kappa shape index (κ3) is 8.66. The normalized spacial score (nSPS) is 23.6. The van der Waals surface area contributed by atoms with Crippen molar-refractivity contribution in [3.63, 3.8) is 0 Å². The van der Waals surface area contributed by atoms with E-state index in [9.17, 15) is 0 Å². The number of rotatable bonds is 10. The van der Waals surface area contributed by atoms with E-state index in [-0.39, 0.29) is 0 Å². The van der Waals surface area contributed by atoms with Gasteiger partial charge in [0, 0.05) is 45.2 Å². The third-order valence-corrected chi connectivity index (χ3v) is 5.73. The Balaban J connectivity index is 1.43. The lowest BCUT2D eigenvalue weighted by molar-refractivity contribution is -0.0152. The standard InChI is InChI=1S/C23H40N4O3/c1-19(2)30-22-8-6-20(7-9-22)26-23(25-12-10-21-5-3-16-29-21)24-11-4-13-27-14-17-28-18-15-27/h3,5,16,19-20,22H,4,6-15,17-18H2,1-2H3,(H2,24,25,26). The van der Waals surface area contributed by atoms with E-state index < -0.39 is 0 Å². The molecule has 0 aromatic carbocycles. The highest BCUT2D eigenvalue weighted by atomic mass is 16.5. The van der Waals surface area contributed by atoms with Crippen LogP contribution in [0.25, 0.3) is 0 Å². The quantitative estimate of drug-likeness (QED) is 0.345. The molecule has 3 rings (SSSR count). The number of morpholine rings is 1. The van der Waals surface area contributed by atoms with Gasteiger partial charge < -0.3 is 24.5 Å². The number of ether oxygens (including phenoxy) is 2. The number of guanidine groups is 1. The summed E-state index contributed by atoms with van der Waals surface area (Å²) in [6.45, 7) is 10.8. The van der Waals surface area contributed by atoms with Gasteiger partial charge in [-0.25, -0.2) is 0 Å². The van der Waals surface area contributed by atoms with E-state index in [4.69, 9.17) is 18.9 Å². The lowest BCUT2D eigenvalue weighted by atomic mass is 9.93. The first-order valence-electron chi connectivity index (χ1n) is 11.7. The van der Waals surface area contributed by atoms with Gasteiger partial charge in [0.1, 0.15) is 5.76 Å². The van der Waals surface area contributed by atoms with Crippen LogP contribution in [0.4, 0.5) is 0 Å². The van der Waals surface area contributed by atoms with Crippen molar-refractivity contribution in [2.75, 3.05) is 45.9 Å². The molecule has 2 fully saturated rings. The second kappa shape index (κ2) is 13.0. The van der Waals surface area contributed by atoms with Crippen LogP contribution in [0.15, 0.2) is 27.8 Å². The highest BCUT2D eigenvalue weighted by Crippen LogP contribution is 2.22. The minimum atomic E-state index is 0.311.